The van der Waals surface area contributed by atoms with Crippen LogP contribution >= 0.6 is 0 Å². The third-order valence-electron chi connectivity index (χ3n) is 6.33. The first-order valence-corrected chi connectivity index (χ1v) is 12.7. The summed E-state index contributed by atoms with van der Waals surface area (Å²) in [5, 5.41) is 8.47. The first-order valence-electron chi connectivity index (χ1n) is 12.7. The summed E-state index contributed by atoms with van der Waals surface area (Å²) in [5.41, 5.74) is 5.34. The lowest BCUT2D eigenvalue weighted by Gasteiger charge is -2.09. The highest BCUT2D eigenvalue weighted by Crippen LogP contribution is 2.24. The molecule has 0 aliphatic heterocycles. The molecule has 0 N–H and O–H groups in total. The molecule has 0 aliphatic rings. The van der Waals surface area contributed by atoms with Crippen LogP contribution in [0.2, 0.25) is 0 Å². The quantitative estimate of drug-likeness (QED) is 0.189. The molecule has 2 heterocycles. The molecule has 0 atom stereocenters. The van der Waals surface area contributed by atoms with E-state index in [-0.39, 0.29) is 0 Å². The monoisotopic (exact) mass is 466 g/mol. The van der Waals surface area contributed by atoms with Gasteiger partial charge in [-0.3, -0.25) is 14.5 Å². The van der Waals surface area contributed by atoms with E-state index in [2.05, 4.69) is 39.6 Å². The SMILES string of the molecule is O=C(CCCCCCCCCn1cc(-c2cccnc2)nn1)Cc1ccccc1-c1ccccc1. The molecule has 5 heteroatoms. The molecule has 2 aromatic heterocycles. The fraction of sp³-hybridized carbons (Fsp3) is 0.333. The summed E-state index contributed by atoms with van der Waals surface area (Å²) >= 11 is 0. The lowest BCUT2D eigenvalue weighted by molar-refractivity contribution is -0.118. The zero-order valence-corrected chi connectivity index (χ0v) is 20.4. The Bertz CT molecular complexity index is 1170. The fourth-order valence-electron chi connectivity index (χ4n) is 4.41. The lowest BCUT2D eigenvalue weighted by atomic mass is 9.95. The van der Waals surface area contributed by atoms with E-state index in [9.17, 15) is 4.79 Å². The molecule has 4 rings (SSSR count). The number of hydrogen-bond donors (Lipinski definition) is 0. The van der Waals surface area contributed by atoms with Gasteiger partial charge in [-0.2, -0.15) is 0 Å². The van der Waals surface area contributed by atoms with Crippen molar-refractivity contribution < 1.29 is 4.79 Å². The Morgan fingerprint density at radius 3 is 2.26 bits per heavy atom. The Balaban J connectivity index is 1.07. The van der Waals surface area contributed by atoms with E-state index in [1.165, 1.54) is 36.8 Å². The normalized spacial score (nSPS) is 11.0. The number of carbonyl (C=O) groups is 1. The molecule has 0 unspecified atom stereocenters. The highest BCUT2D eigenvalue weighted by Gasteiger charge is 2.09. The molecule has 0 saturated carbocycles. The maximum Gasteiger partial charge on any atom is 0.137 e. The number of unbranched alkanes of at least 4 members (excludes halogenated alkanes) is 6. The summed E-state index contributed by atoms with van der Waals surface area (Å²) in [6.07, 6.45) is 14.8. The van der Waals surface area contributed by atoms with Crippen molar-refractivity contribution in [2.24, 2.45) is 0 Å². The van der Waals surface area contributed by atoms with Gasteiger partial charge in [0.05, 0.1) is 6.20 Å². The molecule has 0 aliphatic carbocycles. The molecular weight excluding hydrogens is 432 g/mol. The van der Waals surface area contributed by atoms with Crippen molar-refractivity contribution in [1.29, 1.82) is 0 Å². The third kappa shape index (κ3) is 7.71. The number of pyridine rings is 1. The van der Waals surface area contributed by atoms with Gasteiger partial charge in [0.1, 0.15) is 11.5 Å². The van der Waals surface area contributed by atoms with E-state index in [0.29, 0.717) is 18.6 Å². The van der Waals surface area contributed by atoms with Gasteiger partial charge in [-0.05, 0) is 41.7 Å². The van der Waals surface area contributed by atoms with Crippen LogP contribution < -0.4 is 0 Å². The van der Waals surface area contributed by atoms with E-state index in [1.54, 1.807) is 6.20 Å². The van der Waals surface area contributed by atoms with Gasteiger partial charge in [0, 0.05) is 37.3 Å². The Morgan fingerprint density at radius 2 is 1.46 bits per heavy atom. The van der Waals surface area contributed by atoms with Crippen LogP contribution in [0.1, 0.15) is 56.9 Å². The molecule has 0 bridgehead atoms. The van der Waals surface area contributed by atoms with Gasteiger partial charge < -0.3 is 0 Å². The van der Waals surface area contributed by atoms with Crippen LogP contribution in [0.4, 0.5) is 0 Å². The third-order valence-corrected chi connectivity index (χ3v) is 6.33. The van der Waals surface area contributed by atoms with E-state index in [0.717, 1.165) is 42.6 Å². The zero-order chi connectivity index (χ0) is 24.1. The van der Waals surface area contributed by atoms with Crippen molar-refractivity contribution >= 4 is 5.78 Å². The molecule has 0 spiro atoms. The lowest BCUT2D eigenvalue weighted by Crippen LogP contribution is -2.04. The van der Waals surface area contributed by atoms with Crippen LogP contribution in [0.5, 0.6) is 0 Å². The Morgan fingerprint density at radius 1 is 0.743 bits per heavy atom. The van der Waals surface area contributed by atoms with Crippen LogP contribution in [0, 0.1) is 0 Å². The summed E-state index contributed by atoms with van der Waals surface area (Å²) in [5.74, 6) is 0.340. The largest absolute Gasteiger partial charge is 0.299 e. The number of hydrogen-bond acceptors (Lipinski definition) is 4. The highest BCUT2D eigenvalue weighted by atomic mass is 16.1. The van der Waals surface area contributed by atoms with Crippen LogP contribution in [0.15, 0.2) is 85.3 Å². The summed E-state index contributed by atoms with van der Waals surface area (Å²) in [7, 11) is 0. The van der Waals surface area contributed by atoms with Gasteiger partial charge in [-0.1, -0.05) is 91.9 Å². The minimum absolute atomic E-state index is 0.340. The Hall–Kier alpha value is -3.60. The maximum absolute atomic E-state index is 12.6. The number of rotatable bonds is 14. The van der Waals surface area contributed by atoms with Crippen LogP contribution in [0.25, 0.3) is 22.4 Å². The van der Waals surface area contributed by atoms with Gasteiger partial charge >= 0.3 is 0 Å². The second-order valence-electron chi connectivity index (χ2n) is 9.07. The van der Waals surface area contributed by atoms with Crippen molar-refractivity contribution in [3.63, 3.8) is 0 Å². The minimum Gasteiger partial charge on any atom is -0.299 e. The Kier molecular flexibility index (Phi) is 9.34. The van der Waals surface area contributed by atoms with Gasteiger partial charge in [0.25, 0.3) is 0 Å². The summed E-state index contributed by atoms with van der Waals surface area (Å²) in [6, 6.07) is 22.5. The molecule has 4 aromatic rings. The Labute approximate surface area is 208 Å². The fourth-order valence-corrected chi connectivity index (χ4v) is 4.41. The van der Waals surface area contributed by atoms with Crippen LogP contribution in [-0.2, 0) is 17.8 Å². The van der Waals surface area contributed by atoms with E-state index in [1.807, 2.05) is 59.5 Å². The van der Waals surface area contributed by atoms with Crippen molar-refractivity contribution in [2.45, 2.75) is 64.3 Å². The average Bonchev–Trinajstić information content (AvgIpc) is 3.38. The number of aryl methyl sites for hydroxylation is 1. The van der Waals surface area contributed by atoms with Crippen molar-refractivity contribution in [2.75, 3.05) is 0 Å². The molecule has 0 radical (unpaired) electrons. The first kappa shape index (κ1) is 24.5. The standard InChI is InChI=1S/C30H34N4O/c35-28(22-26-16-10-11-19-29(26)25-14-7-6-8-15-25)18-9-4-2-1-3-5-12-21-34-24-30(32-33-34)27-17-13-20-31-23-27/h6-8,10-11,13-17,19-20,23-24H,1-5,9,12,18,21-22H2. The second kappa shape index (κ2) is 13.3. The van der Waals surface area contributed by atoms with Gasteiger partial charge in [-0.15, -0.1) is 5.10 Å². The molecule has 0 amide bonds. The van der Waals surface area contributed by atoms with Gasteiger partial charge in [0.2, 0.25) is 0 Å². The van der Waals surface area contributed by atoms with Crippen molar-refractivity contribution in [1.82, 2.24) is 20.0 Å². The maximum atomic E-state index is 12.6. The molecule has 0 fully saturated rings. The van der Waals surface area contributed by atoms with Gasteiger partial charge in [0.15, 0.2) is 0 Å². The topological polar surface area (TPSA) is 60.7 Å². The number of aromatic nitrogens is 4. The van der Waals surface area contributed by atoms with Gasteiger partial charge in [-0.25, -0.2) is 0 Å². The predicted molar refractivity (Wildman–Crippen MR) is 141 cm³/mol. The summed E-state index contributed by atoms with van der Waals surface area (Å²) in [6.45, 7) is 0.895. The highest BCUT2D eigenvalue weighted by molar-refractivity contribution is 5.83. The first-order chi connectivity index (χ1) is 17.3. The molecule has 180 valence electrons. The van der Waals surface area contributed by atoms with E-state index >= 15 is 0 Å². The zero-order valence-electron chi connectivity index (χ0n) is 20.4. The summed E-state index contributed by atoms with van der Waals surface area (Å²) < 4.78 is 1.92. The molecular formula is C30H34N4O. The molecule has 0 saturated heterocycles. The number of Topliss-reactive ketones (excluding diaryl/α,β-unsaturated/α-hetero) is 1. The van der Waals surface area contributed by atoms with Crippen LogP contribution in [0.3, 0.4) is 0 Å². The number of ketones is 1. The van der Waals surface area contributed by atoms with E-state index in [4.69, 9.17) is 0 Å². The molecule has 5 nitrogen and oxygen atoms in total. The smallest absolute Gasteiger partial charge is 0.137 e. The number of carbonyl (C=O) groups excluding carboxylic acids is 1. The number of benzene rings is 2. The van der Waals surface area contributed by atoms with Crippen LogP contribution in [-0.4, -0.2) is 25.8 Å². The molecule has 2 aromatic carbocycles. The minimum atomic E-state index is 0.340. The van der Waals surface area contributed by atoms with Crippen molar-refractivity contribution in [3.05, 3.63) is 90.9 Å². The van der Waals surface area contributed by atoms with Crippen molar-refractivity contribution in [3.8, 4) is 22.4 Å². The number of nitrogens with zero attached hydrogens (tertiary/aromatic N) is 4. The predicted octanol–water partition coefficient (Wildman–Crippen LogP) is 6.94. The van der Waals surface area contributed by atoms with E-state index < -0.39 is 0 Å². The average molecular weight is 467 g/mol. The molecule has 35 heavy (non-hydrogen) atoms. The summed E-state index contributed by atoms with van der Waals surface area (Å²) in [4.78, 5) is 16.7. The second-order valence-corrected chi connectivity index (χ2v) is 9.07.